The zero-order chi connectivity index (χ0) is 20.9. The molecule has 1 heterocycles. The zero-order valence-corrected chi connectivity index (χ0v) is 17.5. The average Bonchev–Trinajstić information content (AvgIpc) is 3.13. The maximum absolute atomic E-state index is 12.7. The predicted octanol–water partition coefficient (Wildman–Crippen LogP) is 5.17. The van der Waals surface area contributed by atoms with Crippen LogP contribution in [0.1, 0.15) is 52.6 Å². The summed E-state index contributed by atoms with van der Waals surface area (Å²) < 4.78 is 7.41. The molecule has 0 saturated heterocycles. The van der Waals surface area contributed by atoms with Gasteiger partial charge in [0.2, 0.25) is 0 Å². The van der Waals surface area contributed by atoms with E-state index in [9.17, 15) is 4.79 Å². The second-order valence-corrected chi connectivity index (χ2v) is 7.59. The molecule has 1 N–H and O–H groups in total. The van der Waals surface area contributed by atoms with E-state index in [1.54, 1.807) is 0 Å². The van der Waals surface area contributed by atoms with Gasteiger partial charge in [0, 0.05) is 6.54 Å². The van der Waals surface area contributed by atoms with Crippen molar-refractivity contribution in [2.45, 2.75) is 39.7 Å². The van der Waals surface area contributed by atoms with Gasteiger partial charge in [-0.25, -0.2) is 4.79 Å². The smallest absolute Gasteiger partial charge is 0.354 e. The third kappa shape index (κ3) is 4.30. The van der Waals surface area contributed by atoms with Gasteiger partial charge >= 0.3 is 5.97 Å². The Kier molecular flexibility index (Phi) is 5.98. The first-order chi connectivity index (χ1) is 14.7. The Labute approximate surface area is 177 Å². The molecule has 0 radical (unpaired) electrons. The van der Waals surface area contributed by atoms with Gasteiger partial charge in [0.05, 0.1) is 23.7 Å². The highest BCUT2D eigenvalue weighted by molar-refractivity contribution is 6.03. The van der Waals surface area contributed by atoms with Gasteiger partial charge in [0.15, 0.2) is 0 Å². The van der Waals surface area contributed by atoms with Gasteiger partial charge in [0.1, 0.15) is 5.69 Å². The Bertz CT molecular complexity index is 1050. The van der Waals surface area contributed by atoms with Crippen LogP contribution in [0.4, 0.5) is 5.69 Å². The maximum atomic E-state index is 12.7. The van der Waals surface area contributed by atoms with Crippen molar-refractivity contribution < 1.29 is 9.53 Å². The van der Waals surface area contributed by atoms with E-state index in [1.807, 2.05) is 43.3 Å². The summed E-state index contributed by atoms with van der Waals surface area (Å²) in [6.45, 7) is 4.86. The number of benzene rings is 2. The minimum absolute atomic E-state index is 0.284. The number of fused-ring (bicyclic) bond motifs is 1. The molecule has 0 bridgehead atoms. The Morgan fingerprint density at radius 2 is 1.87 bits per heavy atom. The lowest BCUT2D eigenvalue weighted by Crippen LogP contribution is -2.21. The fourth-order valence-electron chi connectivity index (χ4n) is 3.87. The first kappa shape index (κ1) is 20.0. The summed E-state index contributed by atoms with van der Waals surface area (Å²) in [7, 11) is 0. The summed E-state index contributed by atoms with van der Waals surface area (Å²) in [6, 6.07) is 20.3. The Morgan fingerprint density at radius 1 is 1.10 bits per heavy atom. The minimum Gasteiger partial charge on any atom is -0.461 e. The van der Waals surface area contributed by atoms with Crippen molar-refractivity contribution in [1.82, 2.24) is 4.57 Å². The number of rotatable bonds is 6. The molecule has 1 aliphatic carbocycles. The van der Waals surface area contributed by atoms with E-state index in [-0.39, 0.29) is 5.97 Å². The second kappa shape index (κ2) is 8.99. The summed E-state index contributed by atoms with van der Waals surface area (Å²) in [5.74, 6) is -0.284. The zero-order valence-electron chi connectivity index (χ0n) is 17.5. The number of nitrogens with zero attached hydrogens (tertiary/aromatic N) is 2. The molecule has 0 amide bonds. The van der Waals surface area contributed by atoms with Crippen LogP contribution < -0.4 is 5.43 Å². The van der Waals surface area contributed by atoms with Crippen LogP contribution in [0.15, 0.2) is 65.8 Å². The minimum atomic E-state index is -0.284. The topological polar surface area (TPSA) is 55.6 Å². The molecule has 2 aromatic carbocycles. The molecular weight excluding hydrogens is 374 g/mol. The average molecular weight is 402 g/mol. The molecule has 0 spiro atoms. The van der Waals surface area contributed by atoms with Crippen molar-refractivity contribution in [2.75, 3.05) is 12.0 Å². The molecular formula is C25H27N3O2. The highest BCUT2D eigenvalue weighted by Gasteiger charge is 2.26. The molecule has 5 nitrogen and oxygen atoms in total. The Morgan fingerprint density at radius 3 is 2.60 bits per heavy atom. The van der Waals surface area contributed by atoms with E-state index in [0.29, 0.717) is 18.8 Å². The number of carbonyl (C=O) groups is 1. The lowest BCUT2D eigenvalue weighted by molar-refractivity contribution is 0.0514. The number of aryl methyl sites for hydroxylation is 2. The number of hydrogen-bond donors (Lipinski definition) is 1. The summed E-state index contributed by atoms with van der Waals surface area (Å²) in [4.78, 5) is 12.7. The van der Waals surface area contributed by atoms with E-state index in [1.165, 1.54) is 5.56 Å². The van der Waals surface area contributed by atoms with Crippen molar-refractivity contribution in [1.29, 1.82) is 0 Å². The van der Waals surface area contributed by atoms with Gasteiger partial charge in [-0.15, -0.1) is 0 Å². The number of anilines is 1. The number of hydrazone groups is 1. The lowest BCUT2D eigenvalue weighted by atomic mass is 9.96. The molecule has 0 atom stereocenters. The fourth-order valence-corrected chi connectivity index (χ4v) is 3.87. The number of aromatic nitrogens is 1. The van der Waals surface area contributed by atoms with Crippen LogP contribution in [0.3, 0.4) is 0 Å². The number of carbonyl (C=O) groups excluding carboxylic acids is 1. The summed E-state index contributed by atoms with van der Waals surface area (Å²) in [6.07, 6.45) is 2.82. The summed E-state index contributed by atoms with van der Waals surface area (Å²) >= 11 is 0. The van der Waals surface area contributed by atoms with Crippen LogP contribution in [0, 0.1) is 6.92 Å². The number of esters is 1. The van der Waals surface area contributed by atoms with Crippen LogP contribution in [0.25, 0.3) is 0 Å². The highest BCUT2D eigenvalue weighted by Crippen LogP contribution is 2.28. The lowest BCUT2D eigenvalue weighted by Gasteiger charge is -2.19. The molecule has 30 heavy (non-hydrogen) atoms. The van der Waals surface area contributed by atoms with Gasteiger partial charge in [-0.2, -0.15) is 5.10 Å². The molecule has 1 aromatic heterocycles. The van der Waals surface area contributed by atoms with Crippen molar-refractivity contribution >= 4 is 17.4 Å². The third-order valence-corrected chi connectivity index (χ3v) is 5.35. The molecule has 0 unspecified atom stereocenters. The van der Waals surface area contributed by atoms with Gasteiger partial charge in [-0.3, -0.25) is 5.43 Å². The third-order valence-electron chi connectivity index (χ3n) is 5.35. The van der Waals surface area contributed by atoms with Gasteiger partial charge in [0.25, 0.3) is 0 Å². The normalized spacial score (nSPS) is 14.4. The largest absolute Gasteiger partial charge is 0.461 e. The van der Waals surface area contributed by atoms with Crippen molar-refractivity contribution in [2.24, 2.45) is 5.10 Å². The molecule has 0 fully saturated rings. The SMILES string of the molecule is CCOC(=O)c1cc2c(n1Cc1ccccc1)/C(=N/Nc1ccc(C)cc1)CCC2. The van der Waals surface area contributed by atoms with Gasteiger partial charge in [-0.05, 0) is 62.4 Å². The molecule has 0 aliphatic heterocycles. The Balaban J connectivity index is 1.73. The van der Waals surface area contributed by atoms with E-state index >= 15 is 0 Å². The molecule has 4 rings (SSSR count). The van der Waals surface area contributed by atoms with Crippen LogP contribution in [-0.4, -0.2) is 22.9 Å². The van der Waals surface area contributed by atoms with Crippen LogP contribution in [0.5, 0.6) is 0 Å². The number of hydrogen-bond acceptors (Lipinski definition) is 4. The highest BCUT2D eigenvalue weighted by atomic mass is 16.5. The summed E-state index contributed by atoms with van der Waals surface area (Å²) in [5.41, 5.74) is 10.3. The maximum Gasteiger partial charge on any atom is 0.354 e. The monoisotopic (exact) mass is 401 g/mol. The second-order valence-electron chi connectivity index (χ2n) is 7.59. The van der Waals surface area contributed by atoms with Crippen LogP contribution in [0.2, 0.25) is 0 Å². The van der Waals surface area contributed by atoms with E-state index in [2.05, 4.69) is 41.2 Å². The Hall–Kier alpha value is -3.34. The number of nitrogens with one attached hydrogen (secondary N) is 1. The standard InChI is InChI=1S/C25H27N3O2/c1-3-30-25(29)23-16-20-10-7-11-22(27-26-21-14-12-18(2)13-15-21)24(20)28(23)17-19-8-5-4-6-9-19/h4-6,8-9,12-16,26H,3,7,10-11,17H2,1-2H3/b27-22+. The first-order valence-electron chi connectivity index (χ1n) is 10.5. The molecule has 3 aromatic rings. The van der Waals surface area contributed by atoms with Crippen molar-refractivity contribution in [3.8, 4) is 0 Å². The van der Waals surface area contributed by atoms with Gasteiger partial charge < -0.3 is 9.30 Å². The molecule has 0 saturated carbocycles. The van der Waals surface area contributed by atoms with Gasteiger partial charge in [-0.1, -0.05) is 48.0 Å². The van der Waals surface area contributed by atoms with Crippen molar-refractivity contribution in [3.63, 3.8) is 0 Å². The van der Waals surface area contributed by atoms with Crippen molar-refractivity contribution in [3.05, 3.63) is 88.7 Å². The first-order valence-corrected chi connectivity index (χ1v) is 10.5. The van der Waals surface area contributed by atoms with E-state index in [4.69, 9.17) is 9.84 Å². The molecule has 1 aliphatic rings. The molecule has 5 heteroatoms. The fraction of sp³-hybridized carbons (Fsp3) is 0.280. The summed E-state index contributed by atoms with van der Waals surface area (Å²) in [5, 5.41) is 4.74. The number of ether oxygens (including phenoxy) is 1. The predicted molar refractivity (Wildman–Crippen MR) is 120 cm³/mol. The quantitative estimate of drug-likeness (QED) is 0.458. The van der Waals surface area contributed by atoms with E-state index < -0.39 is 0 Å². The molecule has 154 valence electrons. The van der Waals surface area contributed by atoms with Crippen LogP contribution in [-0.2, 0) is 17.7 Å². The van der Waals surface area contributed by atoms with E-state index in [0.717, 1.165) is 47.5 Å². The van der Waals surface area contributed by atoms with Crippen LogP contribution >= 0.6 is 0 Å².